The minimum atomic E-state index is -3.54. The molecule has 0 aromatic carbocycles. The van der Waals surface area contributed by atoms with E-state index in [1.807, 2.05) is 5.38 Å². The van der Waals surface area contributed by atoms with Crippen LogP contribution in [0.3, 0.4) is 0 Å². The second-order valence-electron chi connectivity index (χ2n) is 3.61. The molecule has 0 radical (unpaired) electrons. The molecule has 1 aliphatic rings. The molecule has 1 aromatic rings. The molecule has 2 N–H and O–H groups in total. The van der Waals surface area contributed by atoms with Crippen LogP contribution in [0.1, 0.15) is 23.8 Å². The van der Waals surface area contributed by atoms with Gasteiger partial charge >= 0.3 is 0 Å². The summed E-state index contributed by atoms with van der Waals surface area (Å²) in [5.74, 6) is 0.206. The summed E-state index contributed by atoms with van der Waals surface area (Å²) in [7, 11) is -3.54. The van der Waals surface area contributed by atoms with Crippen LogP contribution >= 0.6 is 11.3 Å². The molecule has 1 atom stereocenters. The molecule has 0 saturated carbocycles. The Morgan fingerprint density at radius 1 is 1.60 bits per heavy atom. The van der Waals surface area contributed by atoms with E-state index in [9.17, 15) is 8.42 Å². The maximum absolute atomic E-state index is 11.2. The Balaban J connectivity index is 2.12. The Kier molecular flexibility index (Phi) is 3.06. The lowest BCUT2D eigenvalue weighted by atomic mass is 10.0. The molecule has 15 heavy (non-hydrogen) atoms. The number of piperidine rings is 1. The first kappa shape index (κ1) is 11.0. The quantitative estimate of drug-likeness (QED) is 0.828. The molecule has 0 spiro atoms. The topological polar surface area (TPSA) is 76.3 Å². The van der Waals surface area contributed by atoms with E-state index in [0.29, 0.717) is 13.1 Å². The van der Waals surface area contributed by atoms with Gasteiger partial charge in [-0.05, 0) is 12.8 Å². The van der Waals surface area contributed by atoms with Crippen molar-refractivity contribution >= 4 is 21.5 Å². The van der Waals surface area contributed by atoms with E-state index < -0.39 is 10.2 Å². The molecule has 1 aromatic heterocycles. The van der Waals surface area contributed by atoms with Gasteiger partial charge in [0.1, 0.15) is 0 Å². The molecule has 1 saturated heterocycles. The highest BCUT2D eigenvalue weighted by Crippen LogP contribution is 2.28. The van der Waals surface area contributed by atoms with Crippen molar-refractivity contribution in [3.63, 3.8) is 0 Å². The fraction of sp³-hybridized carbons (Fsp3) is 0.625. The number of rotatable bonds is 2. The summed E-state index contributed by atoms with van der Waals surface area (Å²) in [5, 5.41) is 8.02. The highest BCUT2D eigenvalue weighted by molar-refractivity contribution is 7.86. The lowest BCUT2D eigenvalue weighted by Gasteiger charge is -2.29. The number of thiazole rings is 1. The van der Waals surface area contributed by atoms with Crippen LogP contribution in [-0.4, -0.2) is 30.8 Å². The van der Waals surface area contributed by atoms with Crippen LogP contribution in [0.2, 0.25) is 0 Å². The lowest BCUT2D eigenvalue weighted by molar-refractivity contribution is 0.315. The number of hydrogen-bond acceptors (Lipinski definition) is 4. The van der Waals surface area contributed by atoms with E-state index in [1.165, 1.54) is 4.31 Å². The predicted molar refractivity (Wildman–Crippen MR) is 58.8 cm³/mol. The first-order valence-electron chi connectivity index (χ1n) is 4.74. The first-order chi connectivity index (χ1) is 7.07. The van der Waals surface area contributed by atoms with Gasteiger partial charge in [0.15, 0.2) is 0 Å². The summed E-state index contributed by atoms with van der Waals surface area (Å²) in [4.78, 5) is 4.21. The lowest BCUT2D eigenvalue weighted by Crippen LogP contribution is -2.42. The van der Waals surface area contributed by atoms with Gasteiger partial charge in [0.2, 0.25) is 0 Å². The molecule has 2 heterocycles. The van der Waals surface area contributed by atoms with Gasteiger partial charge in [-0.3, -0.25) is 0 Å². The average Bonchev–Trinajstić information content (AvgIpc) is 2.69. The van der Waals surface area contributed by atoms with Gasteiger partial charge in [-0.1, -0.05) is 0 Å². The molecule has 2 rings (SSSR count). The van der Waals surface area contributed by atoms with Gasteiger partial charge in [0.25, 0.3) is 10.2 Å². The normalized spacial score (nSPS) is 24.2. The summed E-state index contributed by atoms with van der Waals surface area (Å²) in [6, 6.07) is 0. The molecule has 5 nitrogen and oxygen atoms in total. The minimum Gasteiger partial charge on any atom is -0.249 e. The third-order valence-corrected chi connectivity index (χ3v) is 4.53. The van der Waals surface area contributed by atoms with E-state index in [2.05, 4.69) is 4.98 Å². The summed E-state index contributed by atoms with van der Waals surface area (Å²) >= 11 is 1.57. The zero-order valence-electron chi connectivity index (χ0n) is 8.17. The second-order valence-corrected chi connectivity index (χ2v) is 6.08. The highest BCUT2D eigenvalue weighted by atomic mass is 32.2. The maximum Gasteiger partial charge on any atom is 0.276 e. The van der Waals surface area contributed by atoms with Crippen LogP contribution in [-0.2, 0) is 10.2 Å². The Morgan fingerprint density at radius 3 is 3.00 bits per heavy atom. The van der Waals surface area contributed by atoms with Gasteiger partial charge in [0, 0.05) is 30.6 Å². The van der Waals surface area contributed by atoms with Gasteiger partial charge in [0.05, 0.1) is 5.01 Å². The van der Waals surface area contributed by atoms with Gasteiger partial charge in [-0.25, -0.2) is 10.1 Å². The Labute approximate surface area is 93.1 Å². The van der Waals surface area contributed by atoms with Gasteiger partial charge < -0.3 is 0 Å². The van der Waals surface area contributed by atoms with Crippen molar-refractivity contribution in [2.45, 2.75) is 18.8 Å². The first-order valence-corrected chi connectivity index (χ1v) is 7.13. The van der Waals surface area contributed by atoms with E-state index in [-0.39, 0.29) is 5.92 Å². The van der Waals surface area contributed by atoms with Gasteiger partial charge in [-0.2, -0.15) is 12.7 Å². The summed E-state index contributed by atoms with van der Waals surface area (Å²) in [5.41, 5.74) is 0. The van der Waals surface area contributed by atoms with E-state index in [1.54, 1.807) is 17.5 Å². The maximum atomic E-state index is 11.2. The van der Waals surface area contributed by atoms with Crippen LogP contribution in [0.25, 0.3) is 0 Å². The minimum absolute atomic E-state index is 0.206. The Bertz CT molecular complexity index is 415. The number of aromatic nitrogens is 1. The van der Waals surface area contributed by atoms with Crippen molar-refractivity contribution in [3.8, 4) is 0 Å². The Hall–Kier alpha value is -0.500. The number of nitrogens with two attached hydrogens (primary N) is 1. The summed E-state index contributed by atoms with van der Waals surface area (Å²) < 4.78 is 23.7. The fourth-order valence-electron chi connectivity index (χ4n) is 1.81. The molecule has 1 unspecified atom stereocenters. The van der Waals surface area contributed by atoms with Crippen LogP contribution in [0.15, 0.2) is 11.6 Å². The largest absolute Gasteiger partial charge is 0.276 e. The second kappa shape index (κ2) is 4.17. The van der Waals surface area contributed by atoms with Crippen LogP contribution in [0, 0.1) is 0 Å². The molecule has 1 fully saturated rings. The van der Waals surface area contributed by atoms with E-state index in [0.717, 1.165) is 17.8 Å². The molecule has 1 aliphatic heterocycles. The monoisotopic (exact) mass is 247 g/mol. The molecular weight excluding hydrogens is 234 g/mol. The van der Waals surface area contributed by atoms with Crippen molar-refractivity contribution < 1.29 is 8.42 Å². The third kappa shape index (κ3) is 2.54. The van der Waals surface area contributed by atoms with Crippen molar-refractivity contribution in [2.75, 3.05) is 13.1 Å². The Morgan fingerprint density at radius 2 is 2.40 bits per heavy atom. The molecule has 84 valence electrons. The van der Waals surface area contributed by atoms with Crippen molar-refractivity contribution in [1.29, 1.82) is 0 Å². The third-order valence-electron chi connectivity index (χ3n) is 2.54. The SMILES string of the molecule is NS(=O)(=O)N1CCCC(c2nccs2)C1. The van der Waals surface area contributed by atoms with Crippen molar-refractivity contribution in [1.82, 2.24) is 9.29 Å². The predicted octanol–water partition coefficient (Wildman–Crippen LogP) is 0.526. The van der Waals surface area contributed by atoms with Crippen molar-refractivity contribution in [3.05, 3.63) is 16.6 Å². The summed E-state index contributed by atoms with van der Waals surface area (Å²) in [6.45, 7) is 0.993. The zero-order valence-corrected chi connectivity index (χ0v) is 9.80. The molecule has 7 heteroatoms. The van der Waals surface area contributed by atoms with Crippen molar-refractivity contribution in [2.24, 2.45) is 5.14 Å². The molecular formula is C8H13N3O2S2. The summed E-state index contributed by atoms with van der Waals surface area (Å²) in [6.07, 6.45) is 3.58. The molecule has 0 bridgehead atoms. The van der Waals surface area contributed by atoms with E-state index >= 15 is 0 Å². The zero-order chi connectivity index (χ0) is 10.9. The smallest absolute Gasteiger partial charge is 0.249 e. The van der Waals surface area contributed by atoms with Crippen LogP contribution < -0.4 is 5.14 Å². The van der Waals surface area contributed by atoms with Gasteiger partial charge in [-0.15, -0.1) is 11.3 Å². The highest BCUT2D eigenvalue weighted by Gasteiger charge is 2.28. The number of hydrogen-bond donors (Lipinski definition) is 1. The van der Waals surface area contributed by atoms with Crippen LogP contribution in [0.4, 0.5) is 0 Å². The fourth-order valence-corrected chi connectivity index (χ4v) is 3.35. The van der Waals surface area contributed by atoms with E-state index in [4.69, 9.17) is 5.14 Å². The van der Waals surface area contributed by atoms with Crippen LogP contribution in [0.5, 0.6) is 0 Å². The molecule has 0 amide bonds. The molecule has 0 aliphatic carbocycles. The standard InChI is InChI=1S/C8H13N3O2S2/c9-15(12,13)11-4-1-2-7(6-11)8-10-3-5-14-8/h3,5,7H,1-2,4,6H2,(H2,9,12,13). The number of nitrogens with zero attached hydrogens (tertiary/aromatic N) is 2. The average molecular weight is 247 g/mol.